The molecule has 0 unspecified atom stereocenters. The van der Waals surface area contributed by atoms with Crippen LogP contribution in [-0.4, -0.2) is 10.8 Å². The standard InChI is InChI=1S/C25H17Br2NS.C3H8/c1-29-25-21(26)14-17(15-22(25)27)16-11-12-24-20(13-16)19-9-5-6-10-23(19)28(24)18-7-3-2-4-8-18;1-3-2/h2-15H,1H3;3H2,1-2H3. The van der Waals surface area contributed by atoms with Crippen LogP contribution in [0.1, 0.15) is 20.3 Å². The lowest BCUT2D eigenvalue weighted by molar-refractivity contribution is 1.09. The molecule has 0 atom stereocenters. The Morgan fingerprint density at radius 3 is 1.94 bits per heavy atom. The largest absolute Gasteiger partial charge is 0.309 e. The Labute approximate surface area is 211 Å². The van der Waals surface area contributed by atoms with E-state index >= 15 is 0 Å². The molecule has 0 saturated carbocycles. The first-order chi connectivity index (χ1) is 15.6. The monoisotopic (exact) mass is 565 g/mol. The van der Waals surface area contributed by atoms with Gasteiger partial charge in [0.05, 0.1) is 11.0 Å². The Balaban J connectivity index is 0.000000775. The topological polar surface area (TPSA) is 4.93 Å². The lowest BCUT2D eigenvalue weighted by atomic mass is 10.0. The molecule has 32 heavy (non-hydrogen) atoms. The van der Waals surface area contributed by atoms with Crippen molar-refractivity contribution in [3.05, 3.63) is 93.9 Å². The SMILES string of the molecule is CCC.CSc1c(Br)cc(-c2ccc3c(c2)c2ccccc2n3-c2ccccc2)cc1Br. The van der Waals surface area contributed by atoms with Crippen molar-refractivity contribution in [2.45, 2.75) is 25.2 Å². The Morgan fingerprint density at radius 1 is 0.688 bits per heavy atom. The van der Waals surface area contributed by atoms with Gasteiger partial charge >= 0.3 is 0 Å². The molecule has 0 spiro atoms. The highest BCUT2D eigenvalue weighted by molar-refractivity contribution is 9.11. The van der Waals surface area contributed by atoms with Crippen molar-refractivity contribution in [2.75, 3.05) is 6.26 Å². The highest BCUT2D eigenvalue weighted by Crippen LogP contribution is 2.39. The van der Waals surface area contributed by atoms with Crippen molar-refractivity contribution in [1.29, 1.82) is 0 Å². The maximum absolute atomic E-state index is 3.72. The van der Waals surface area contributed by atoms with Crippen molar-refractivity contribution < 1.29 is 0 Å². The highest BCUT2D eigenvalue weighted by atomic mass is 79.9. The van der Waals surface area contributed by atoms with Crippen molar-refractivity contribution in [2.24, 2.45) is 0 Å². The van der Waals surface area contributed by atoms with E-state index in [1.54, 1.807) is 11.8 Å². The van der Waals surface area contributed by atoms with E-state index in [0.29, 0.717) is 0 Å². The predicted octanol–water partition coefficient (Wildman–Crippen LogP) is 10.1. The van der Waals surface area contributed by atoms with Gasteiger partial charge in [-0.2, -0.15) is 0 Å². The van der Waals surface area contributed by atoms with E-state index in [2.05, 4.69) is 141 Å². The van der Waals surface area contributed by atoms with Crippen molar-refractivity contribution in [3.8, 4) is 16.8 Å². The van der Waals surface area contributed by atoms with Crippen LogP contribution in [0.4, 0.5) is 0 Å². The number of fused-ring (bicyclic) bond motifs is 3. The van der Waals surface area contributed by atoms with Crippen molar-refractivity contribution >= 4 is 65.4 Å². The van der Waals surface area contributed by atoms with Crippen LogP contribution < -0.4 is 0 Å². The molecule has 0 N–H and O–H groups in total. The van der Waals surface area contributed by atoms with Gasteiger partial charge < -0.3 is 4.57 Å². The summed E-state index contributed by atoms with van der Waals surface area (Å²) in [6.07, 6.45) is 3.34. The van der Waals surface area contributed by atoms with Gasteiger partial charge in [0.25, 0.3) is 0 Å². The van der Waals surface area contributed by atoms with Crippen LogP contribution >= 0.6 is 43.6 Å². The van der Waals surface area contributed by atoms with Gasteiger partial charge in [0.1, 0.15) is 0 Å². The Kier molecular flexibility index (Phi) is 7.44. The predicted molar refractivity (Wildman–Crippen MR) is 149 cm³/mol. The minimum atomic E-state index is 1.11. The first-order valence-electron chi connectivity index (χ1n) is 10.7. The van der Waals surface area contributed by atoms with Gasteiger partial charge in [-0.05, 0) is 91.7 Å². The fraction of sp³-hybridized carbons (Fsp3) is 0.143. The number of nitrogens with zero attached hydrogens (tertiary/aromatic N) is 1. The fourth-order valence-electron chi connectivity index (χ4n) is 3.93. The van der Waals surface area contributed by atoms with Gasteiger partial charge in [-0.3, -0.25) is 0 Å². The molecule has 0 amide bonds. The minimum absolute atomic E-state index is 1.11. The molecule has 4 heteroatoms. The van der Waals surface area contributed by atoms with Crippen molar-refractivity contribution in [1.82, 2.24) is 4.57 Å². The number of thioether (sulfide) groups is 1. The third-order valence-corrected chi connectivity index (χ3v) is 7.85. The quantitative estimate of drug-likeness (QED) is 0.197. The number of benzene rings is 4. The molecule has 4 aromatic carbocycles. The van der Waals surface area contributed by atoms with E-state index in [1.807, 2.05) is 0 Å². The van der Waals surface area contributed by atoms with Crippen LogP contribution in [0.25, 0.3) is 38.6 Å². The van der Waals surface area contributed by atoms with E-state index < -0.39 is 0 Å². The van der Waals surface area contributed by atoms with Crippen LogP contribution in [-0.2, 0) is 0 Å². The van der Waals surface area contributed by atoms with E-state index in [4.69, 9.17) is 0 Å². The lowest BCUT2D eigenvalue weighted by Gasteiger charge is -2.10. The average molecular weight is 567 g/mol. The molecule has 0 radical (unpaired) electrons. The van der Waals surface area contributed by atoms with Gasteiger partial charge in [0, 0.05) is 30.3 Å². The Hall–Kier alpha value is -2.01. The van der Waals surface area contributed by atoms with E-state index in [1.165, 1.54) is 49.9 Å². The molecule has 0 aliphatic rings. The summed E-state index contributed by atoms with van der Waals surface area (Å²) in [6.45, 7) is 4.25. The summed E-state index contributed by atoms with van der Waals surface area (Å²) in [5.74, 6) is 0. The van der Waals surface area contributed by atoms with E-state index in [0.717, 1.165) is 8.95 Å². The minimum Gasteiger partial charge on any atom is -0.309 e. The summed E-state index contributed by atoms with van der Waals surface area (Å²) in [7, 11) is 0. The smallest absolute Gasteiger partial charge is 0.0541 e. The van der Waals surface area contributed by atoms with Gasteiger partial charge in [-0.15, -0.1) is 11.8 Å². The second kappa shape index (κ2) is 10.3. The lowest BCUT2D eigenvalue weighted by Crippen LogP contribution is -1.92. The van der Waals surface area contributed by atoms with E-state index in [9.17, 15) is 0 Å². The zero-order valence-electron chi connectivity index (χ0n) is 18.4. The summed E-state index contributed by atoms with van der Waals surface area (Å²) in [4.78, 5) is 1.22. The first-order valence-corrected chi connectivity index (χ1v) is 13.5. The fourth-order valence-corrected chi connectivity index (χ4v) is 6.59. The normalized spacial score (nSPS) is 10.9. The molecule has 1 nitrogen and oxygen atoms in total. The van der Waals surface area contributed by atoms with Crippen LogP contribution in [0.2, 0.25) is 0 Å². The third-order valence-electron chi connectivity index (χ3n) is 5.22. The second-order valence-corrected chi connectivity index (χ2v) is 10.1. The molecule has 0 aliphatic heterocycles. The van der Waals surface area contributed by atoms with Crippen LogP contribution in [0, 0.1) is 0 Å². The summed E-state index contributed by atoms with van der Waals surface area (Å²) >= 11 is 9.18. The molecular weight excluding hydrogens is 542 g/mol. The number of hydrogen-bond acceptors (Lipinski definition) is 1. The highest BCUT2D eigenvalue weighted by Gasteiger charge is 2.14. The Bertz CT molecular complexity index is 1350. The molecule has 162 valence electrons. The van der Waals surface area contributed by atoms with Crippen LogP contribution in [0.5, 0.6) is 0 Å². The Morgan fingerprint density at radius 2 is 1.28 bits per heavy atom. The zero-order valence-corrected chi connectivity index (χ0v) is 22.4. The zero-order chi connectivity index (χ0) is 22.7. The third kappa shape index (κ3) is 4.41. The molecule has 0 saturated heterocycles. The maximum atomic E-state index is 3.72. The summed E-state index contributed by atoms with van der Waals surface area (Å²) < 4.78 is 4.57. The summed E-state index contributed by atoms with van der Waals surface area (Å²) in [5, 5.41) is 2.54. The van der Waals surface area contributed by atoms with Gasteiger partial charge in [-0.1, -0.05) is 62.7 Å². The summed E-state index contributed by atoms with van der Waals surface area (Å²) in [5.41, 5.74) is 6.04. The maximum Gasteiger partial charge on any atom is 0.0541 e. The molecule has 5 aromatic rings. The first kappa shape index (κ1) is 23.2. The molecule has 0 fully saturated rings. The number of para-hydroxylation sites is 2. The van der Waals surface area contributed by atoms with Gasteiger partial charge in [0.2, 0.25) is 0 Å². The molecule has 0 aliphatic carbocycles. The molecule has 0 bridgehead atoms. The number of aromatic nitrogens is 1. The van der Waals surface area contributed by atoms with Gasteiger partial charge in [0.15, 0.2) is 0 Å². The number of halogens is 2. The molecule has 5 rings (SSSR count). The molecule has 1 heterocycles. The molecular formula is C28H25Br2NS. The van der Waals surface area contributed by atoms with Gasteiger partial charge in [-0.25, -0.2) is 0 Å². The number of rotatable bonds is 3. The average Bonchev–Trinajstić information content (AvgIpc) is 3.14. The second-order valence-electron chi connectivity index (χ2n) is 7.60. The van der Waals surface area contributed by atoms with Crippen LogP contribution in [0.15, 0.2) is 98.8 Å². The number of hydrogen-bond donors (Lipinski definition) is 0. The molecule has 1 aromatic heterocycles. The van der Waals surface area contributed by atoms with E-state index in [-0.39, 0.29) is 0 Å². The van der Waals surface area contributed by atoms with Crippen LogP contribution in [0.3, 0.4) is 0 Å². The summed E-state index contributed by atoms with van der Waals surface area (Å²) in [6, 6.07) is 30.4. The van der Waals surface area contributed by atoms with Crippen molar-refractivity contribution in [3.63, 3.8) is 0 Å².